The van der Waals surface area contributed by atoms with Gasteiger partial charge < -0.3 is 15.2 Å². The molecule has 1 unspecified atom stereocenters. The van der Waals surface area contributed by atoms with Crippen LogP contribution in [-0.4, -0.2) is 25.3 Å². The van der Waals surface area contributed by atoms with E-state index in [0.29, 0.717) is 11.7 Å². The molecule has 1 aromatic carbocycles. The van der Waals surface area contributed by atoms with Crippen LogP contribution in [0.2, 0.25) is 0 Å². The van der Waals surface area contributed by atoms with Crippen LogP contribution in [0.5, 0.6) is 11.5 Å². The van der Waals surface area contributed by atoms with Gasteiger partial charge in [-0.3, -0.25) is 0 Å². The fourth-order valence-electron chi connectivity index (χ4n) is 2.69. The van der Waals surface area contributed by atoms with E-state index in [-0.39, 0.29) is 5.75 Å². The summed E-state index contributed by atoms with van der Waals surface area (Å²) >= 11 is 0. The second kappa shape index (κ2) is 4.96. The number of rotatable bonds is 2. The lowest BCUT2D eigenvalue weighted by atomic mass is 9.87. The highest BCUT2D eigenvalue weighted by Gasteiger charge is 2.21. The third kappa shape index (κ3) is 2.25. The van der Waals surface area contributed by atoms with Gasteiger partial charge in [-0.2, -0.15) is 0 Å². The highest BCUT2D eigenvalue weighted by atomic mass is 16.5. The van der Waals surface area contributed by atoms with E-state index in [4.69, 9.17) is 4.74 Å². The molecule has 1 heterocycles. The monoisotopic (exact) mass is 235 g/mol. The molecule has 17 heavy (non-hydrogen) atoms. The predicted molar refractivity (Wildman–Crippen MR) is 69.0 cm³/mol. The van der Waals surface area contributed by atoms with E-state index in [1.807, 2.05) is 13.8 Å². The van der Waals surface area contributed by atoms with Gasteiger partial charge >= 0.3 is 0 Å². The van der Waals surface area contributed by atoms with Crippen molar-refractivity contribution in [2.45, 2.75) is 32.6 Å². The fourth-order valence-corrected chi connectivity index (χ4v) is 2.69. The molecule has 0 bridgehead atoms. The zero-order valence-corrected chi connectivity index (χ0v) is 10.8. The van der Waals surface area contributed by atoms with Crippen LogP contribution in [0.4, 0.5) is 0 Å². The molecule has 2 N–H and O–H groups in total. The molecule has 1 fully saturated rings. The van der Waals surface area contributed by atoms with Gasteiger partial charge in [0, 0.05) is 6.54 Å². The van der Waals surface area contributed by atoms with Gasteiger partial charge in [-0.15, -0.1) is 0 Å². The Morgan fingerprint density at radius 1 is 1.41 bits per heavy atom. The number of benzene rings is 1. The van der Waals surface area contributed by atoms with Crippen molar-refractivity contribution >= 4 is 0 Å². The first-order valence-electron chi connectivity index (χ1n) is 6.23. The van der Waals surface area contributed by atoms with Crippen molar-refractivity contribution < 1.29 is 9.84 Å². The quantitative estimate of drug-likeness (QED) is 0.827. The van der Waals surface area contributed by atoms with E-state index >= 15 is 0 Å². The van der Waals surface area contributed by atoms with Crippen LogP contribution >= 0.6 is 0 Å². The minimum atomic E-state index is 0.275. The summed E-state index contributed by atoms with van der Waals surface area (Å²) in [5.41, 5.74) is 3.28. The lowest BCUT2D eigenvalue weighted by molar-refractivity contribution is 0.366. The molecule has 0 spiro atoms. The zero-order valence-electron chi connectivity index (χ0n) is 10.8. The smallest absolute Gasteiger partial charge is 0.163 e. The van der Waals surface area contributed by atoms with Gasteiger partial charge in [0.05, 0.1) is 7.11 Å². The highest BCUT2D eigenvalue weighted by molar-refractivity contribution is 5.54. The normalized spacial score (nSPS) is 20.3. The van der Waals surface area contributed by atoms with Crippen LogP contribution in [-0.2, 0) is 0 Å². The Kier molecular flexibility index (Phi) is 3.57. The number of aromatic hydroxyl groups is 1. The summed E-state index contributed by atoms with van der Waals surface area (Å²) in [5, 5.41) is 13.4. The molecule has 0 amide bonds. The molecule has 3 nitrogen and oxygen atoms in total. The standard InChI is InChI=1S/C14H21NO2/c1-9-7-12(11-5-4-6-15-8-11)10(2)14(17-3)13(9)16/h7,11,15-16H,4-6,8H2,1-3H3. The molecule has 0 saturated carbocycles. The molecule has 2 rings (SSSR count). The molecule has 0 radical (unpaired) electrons. The second-order valence-electron chi connectivity index (χ2n) is 4.83. The van der Waals surface area contributed by atoms with Crippen molar-refractivity contribution in [3.8, 4) is 11.5 Å². The first-order valence-corrected chi connectivity index (χ1v) is 6.23. The third-order valence-corrected chi connectivity index (χ3v) is 3.68. The lowest BCUT2D eigenvalue weighted by Crippen LogP contribution is -2.28. The van der Waals surface area contributed by atoms with Gasteiger partial charge in [-0.1, -0.05) is 6.07 Å². The van der Waals surface area contributed by atoms with Gasteiger partial charge in [-0.25, -0.2) is 0 Å². The van der Waals surface area contributed by atoms with Crippen LogP contribution < -0.4 is 10.1 Å². The van der Waals surface area contributed by atoms with E-state index in [1.165, 1.54) is 18.4 Å². The summed E-state index contributed by atoms with van der Waals surface area (Å²) in [6.45, 7) is 6.09. The van der Waals surface area contributed by atoms with Crippen LogP contribution in [0.15, 0.2) is 6.07 Å². The van der Waals surface area contributed by atoms with E-state index < -0.39 is 0 Å². The van der Waals surface area contributed by atoms with E-state index in [2.05, 4.69) is 11.4 Å². The average Bonchev–Trinajstić information content (AvgIpc) is 2.36. The number of hydrogen-bond acceptors (Lipinski definition) is 3. The van der Waals surface area contributed by atoms with Crippen LogP contribution in [0.1, 0.15) is 35.4 Å². The molecule has 1 saturated heterocycles. The second-order valence-corrected chi connectivity index (χ2v) is 4.83. The van der Waals surface area contributed by atoms with E-state index in [9.17, 15) is 5.11 Å². The van der Waals surface area contributed by atoms with Crippen LogP contribution in [0.3, 0.4) is 0 Å². The summed E-state index contributed by atoms with van der Waals surface area (Å²) < 4.78 is 5.32. The van der Waals surface area contributed by atoms with Crippen molar-refractivity contribution in [2.75, 3.05) is 20.2 Å². The SMILES string of the molecule is COc1c(C)c(C2CCCNC2)cc(C)c1O. The van der Waals surface area contributed by atoms with Crippen molar-refractivity contribution in [3.05, 3.63) is 22.8 Å². The van der Waals surface area contributed by atoms with Crippen molar-refractivity contribution in [2.24, 2.45) is 0 Å². The number of hydrogen-bond donors (Lipinski definition) is 2. The van der Waals surface area contributed by atoms with Crippen LogP contribution in [0.25, 0.3) is 0 Å². The number of phenols is 1. The molecule has 94 valence electrons. The fraction of sp³-hybridized carbons (Fsp3) is 0.571. The Hall–Kier alpha value is -1.22. The number of ether oxygens (including phenoxy) is 1. The number of methoxy groups -OCH3 is 1. The van der Waals surface area contributed by atoms with Crippen LogP contribution in [0, 0.1) is 13.8 Å². The maximum atomic E-state index is 9.96. The Labute approximate surface area is 103 Å². The summed E-state index contributed by atoms with van der Waals surface area (Å²) in [5.74, 6) is 1.44. The number of nitrogens with one attached hydrogen (secondary N) is 1. The lowest BCUT2D eigenvalue weighted by Gasteiger charge is -2.26. The number of phenolic OH excluding ortho intramolecular Hbond substituents is 1. The summed E-state index contributed by atoms with van der Waals surface area (Å²) in [7, 11) is 1.62. The molecule has 0 aliphatic carbocycles. The summed E-state index contributed by atoms with van der Waals surface area (Å²) in [6, 6.07) is 2.10. The van der Waals surface area contributed by atoms with E-state index in [0.717, 1.165) is 24.2 Å². The topological polar surface area (TPSA) is 41.5 Å². The van der Waals surface area contributed by atoms with Gasteiger partial charge in [0.15, 0.2) is 11.5 Å². The summed E-state index contributed by atoms with van der Waals surface area (Å²) in [4.78, 5) is 0. The number of piperidine rings is 1. The molecular weight excluding hydrogens is 214 g/mol. The molecule has 1 atom stereocenters. The Bertz CT molecular complexity index is 409. The molecule has 1 aliphatic rings. The Morgan fingerprint density at radius 2 is 2.18 bits per heavy atom. The van der Waals surface area contributed by atoms with Crippen molar-refractivity contribution in [1.29, 1.82) is 0 Å². The van der Waals surface area contributed by atoms with Crippen molar-refractivity contribution in [1.82, 2.24) is 5.32 Å². The molecular formula is C14H21NO2. The molecule has 0 aromatic heterocycles. The largest absolute Gasteiger partial charge is 0.504 e. The molecule has 3 heteroatoms. The maximum Gasteiger partial charge on any atom is 0.163 e. The average molecular weight is 235 g/mol. The van der Waals surface area contributed by atoms with Crippen molar-refractivity contribution in [3.63, 3.8) is 0 Å². The molecule has 1 aliphatic heterocycles. The maximum absolute atomic E-state index is 9.96. The summed E-state index contributed by atoms with van der Waals surface area (Å²) in [6.07, 6.45) is 2.42. The minimum absolute atomic E-state index is 0.275. The first kappa shape index (κ1) is 12.2. The number of aryl methyl sites for hydroxylation is 1. The Balaban J connectivity index is 2.42. The van der Waals surface area contributed by atoms with Gasteiger partial charge in [0.1, 0.15) is 0 Å². The van der Waals surface area contributed by atoms with Gasteiger partial charge in [0.2, 0.25) is 0 Å². The highest BCUT2D eigenvalue weighted by Crippen LogP contribution is 2.39. The third-order valence-electron chi connectivity index (χ3n) is 3.68. The zero-order chi connectivity index (χ0) is 12.4. The van der Waals surface area contributed by atoms with Gasteiger partial charge in [-0.05, 0) is 55.8 Å². The predicted octanol–water partition coefficient (Wildman–Crippen LogP) is 2.48. The van der Waals surface area contributed by atoms with E-state index in [1.54, 1.807) is 7.11 Å². The minimum Gasteiger partial charge on any atom is -0.504 e. The molecule has 1 aromatic rings. The van der Waals surface area contributed by atoms with Gasteiger partial charge in [0.25, 0.3) is 0 Å². The Morgan fingerprint density at radius 3 is 2.76 bits per heavy atom. The first-order chi connectivity index (χ1) is 8.15.